The van der Waals surface area contributed by atoms with Crippen molar-refractivity contribution in [2.24, 2.45) is 11.8 Å². The molecular weight excluding hydrogens is 232 g/mol. The van der Waals surface area contributed by atoms with Crippen LogP contribution in [0.4, 0.5) is 0 Å². The van der Waals surface area contributed by atoms with E-state index in [-0.39, 0.29) is 23.5 Å². The predicted molar refractivity (Wildman–Crippen MR) is 65.5 cm³/mol. The summed E-state index contributed by atoms with van der Waals surface area (Å²) in [6, 6.07) is 0. The maximum absolute atomic E-state index is 12.1. The van der Waals surface area contributed by atoms with E-state index in [2.05, 4.69) is 4.98 Å². The van der Waals surface area contributed by atoms with Crippen molar-refractivity contribution in [3.05, 3.63) is 12.0 Å². The van der Waals surface area contributed by atoms with Gasteiger partial charge >= 0.3 is 0 Å². The molecule has 1 aromatic heterocycles. The van der Waals surface area contributed by atoms with E-state index in [1.807, 2.05) is 13.8 Å². The van der Waals surface area contributed by atoms with Crippen LogP contribution >= 0.6 is 0 Å². The van der Waals surface area contributed by atoms with E-state index in [4.69, 9.17) is 0 Å². The molecule has 0 saturated heterocycles. The predicted octanol–water partition coefficient (Wildman–Crippen LogP) is 1.97. The summed E-state index contributed by atoms with van der Waals surface area (Å²) in [5, 5.41) is 9.92. The van der Waals surface area contributed by atoms with Crippen molar-refractivity contribution in [1.82, 2.24) is 9.55 Å². The van der Waals surface area contributed by atoms with Gasteiger partial charge in [-0.2, -0.15) is 0 Å². The van der Waals surface area contributed by atoms with E-state index in [1.54, 1.807) is 6.92 Å². The van der Waals surface area contributed by atoms with Crippen LogP contribution in [0, 0.1) is 11.8 Å². The fourth-order valence-corrected chi connectivity index (χ4v) is 1.98. The molecule has 1 aromatic rings. The molecule has 1 aliphatic carbocycles. The van der Waals surface area contributed by atoms with Crippen LogP contribution in [-0.4, -0.2) is 26.3 Å². The standard InChI is InChI=1S/C13H18N2O3/c1-7(2)10-13(18)15(6-14-10)12(17)8(3)11(16)9-4-5-9/h6-9,18H,4-5H2,1-3H3. The molecular formula is C13H18N2O3. The van der Waals surface area contributed by atoms with Crippen molar-refractivity contribution in [1.29, 1.82) is 0 Å². The highest BCUT2D eigenvalue weighted by Gasteiger charge is 2.36. The second-order valence-electron chi connectivity index (χ2n) is 5.21. The van der Waals surface area contributed by atoms with Crippen molar-refractivity contribution in [2.75, 3.05) is 0 Å². The number of imidazole rings is 1. The Morgan fingerprint density at radius 2 is 2.00 bits per heavy atom. The number of aromatic nitrogens is 2. The van der Waals surface area contributed by atoms with E-state index in [0.29, 0.717) is 5.69 Å². The molecule has 0 aromatic carbocycles. The number of aromatic hydroxyl groups is 1. The van der Waals surface area contributed by atoms with Gasteiger partial charge in [-0.3, -0.25) is 9.59 Å². The van der Waals surface area contributed by atoms with Gasteiger partial charge in [0.15, 0.2) is 0 Å². The molecule has 0 radical (unpaired) electrons. The van der Waals surface area contributed by atoms with Gasteiger partial charge in [0.05, 0.1) is 5.92 Å². The summed E-state index contributed by atoms with van der Waals surface area (Å²) in [5.41, 5.74) is 0.481. The minimum Gasteiger partial charge on any atom is -0.493 e. The van der Waals surface area contributed by atoms with E-state index in [9.17, 15) is 14.7 Å². The van der Waals surface area contributed by atoms with Gasteiger partial charge in [-0.05, 0) is 19.8 Å². The summed E-state index contributed by atoms with van der Waals surface area (Å²) < 4.78 is 1.08. The average Bonchev–Trinajstić information content (AvgIpc) is 3.09. The number of rotatable bonds is 4. The fourth-order valence-electron chi connectivity index (χ4n) is 1.98. The van der Waals surface area contributed by atoms with Gasteiger partial charge in [-0.25, -0.2) is 9.55 Å². The normalized spacial score (nSPS) is 16.9. The van der Waals surface area contributed by atoms with Gasteiger partial charge in [0.25, 0.3) is 0 Å². The molecule has 2 rings (SSSR count). The van der Waals surface area contributed by atoms with Crippen molar-refractivity contribution in [3.8, 4) is 5.88 Å². The van der Waals surface area contributed by atoms with Crippen molar-refractivity contribution < 1.29 is 14.7 Å². The molecule has 0 bridgehead atoms. The van der Waals surface area contributed by atoms with Gasteiger partial charge in [-0.15, -0.1) is 0 Å². The molecule has 0 aliphatic heterocycles. The highest BCUT2D eigenvalue weighted by molar-refractivity contribution is 6.04. The Balaban J connectivity index is 2.20. The summed E-state index contributed by atoms with van der Waals surface area (Å²) in [6.45, 7) is 5.36. The molecule has 5 nitrogen and oxygen atoms in total. The summed E-state index contributed by atoms with van der Waals surface area (Å²) >= 11 is 0. The molecule has 1 N–H and O–H groups in total. The van der Waals surface area contributed by atoms with Crippen LogP contribution in [0.2, 0.25) is 0 Å². The second-order valence-corrected chi connectivity index (χ2v) is 5.21. The van der Waals surface area contributed by atoms with Crippen LogP contribution in [-0.2, 0) is 4.79 Å². The maximum Gasteiger partial charge on any atom is 0.244 e. The van der Waals surface area contributed by atoms with Gasteiger partial charge in [-0.1, -0.05) is 13.8 Å². The molecule has 0 amide bonds. The van der Waals surface area contributed by atoms with E-state index in [1.165, 1.54) is 6.33 Å². The van der Waals surface area contributed by atoms with Crippen molar-refractivity contribution in [3.63, 3.8) is 0 Å². The second kappa shape index (κ2) is 4.55. The van der Waals surface area contributed by atoms with Crippen LogP contribution in [0.25, 0.3) is 0 Å². The summed E-state index contributed by atoms with van der Waals surface area (Å²) in [6.07, 6.45) is 3.05. The van der Waals surface area contributed by atoms with E-state index in [0.717, 1.165) is 17.4 Å². The first-order valence-corrected chi connectivity index (χ1v) is 6.27. The zero-order valence-corrected chi connectivity index (χ0v) is 10.9. The van der Waals surface area contributed by atoms with Gasteiger partial charge in [0.2, 0.25) is 11.8 Å². The number of Topliss-reactive ketones (excluding diaryl/α,β-unsaturated/α-hetero) is 1. The Morgan fingerprint density at radius 1 is 1.39 bits per heavy atom. The van der Waals surface area contributed by atoms with Crippen LogP contribution in [0.15, 0.2) is 6.33 Å². The molecule has 1 unspecified atom stereocenters. The van der Waals surface area contributed by atoms with Crippen LogP contribution in [0.1, 0.15) is 50.0 Å². The monoisotopic (exact) mass is 250 g/mol. The van der Waals surface area contributed by atoms with Gasteiger partial charge in [0, 0.05) is 11.8 Å². The third kappa shape index (κ3) is 2.17. The van der Waals surface area contributed by atoms with Crippen LogP contribution in [0.3, 0.4) is 0 Å². The van der Waals surface area contributed by atoms with Crippen molar-refractivity contribution in [2.45, 2.75) is 39.5 Å². The fraction of sp³-hybridized carbons (Fsp3) is 0.615. The molecule has 1 aliphatic rings. The first-order valence-electron chi connectivity index (χ1n) is 6.27. The lowest BCUT2D eigenvalue weighted by Crippen LogP contribution is -2.26. The van der Waals surface area contributed by atoms with Gasteiger partial charge < -0.3 is 5.11 Å². The molecule has 5 heteroatoms. The SMILES string of the molecule is CC(C(=O)C1CC1)C(=O)n1cnc(C(C)C)c1O. The number of carbonyl (C=O) groups is 2. The Kier molecular flexibility index (Phi) is 3.24. The van der Waals surface area contributed by atoms with Crippen LogP contribution in [0.5, 0.6) is 5.88 Å². The third-order valence-electron chi connectivity index (χ3n) is 3.33. The number of nitrogens with zero attached hydrogens (tertiary/aromatic N) is 2. The molecule has 98 valence electrons. The van der Waals surface area contributed by atoms with E-state index >= 15 is 0 Å². The summed E-state index contributed by atoms with van der Waals surface area (Å²) in [5.74, 6) is -1.21. The molecule has 1 saturated carbocycles. The molecule has 1 atom stereocenters. The zero-order valence-electron chi connectivity index (χ0n) is 10.9. The molecule has 18 heavy (non-hydrogen) atoms. The first kappa shape index (κ1) is 12.8. The Labute approximate surface area is 106 Å². The number of hydrogen-bond acceptors (Lipinski definition) is 4. The minimum atomic E-state index is -0.711. The molecule has 0 spiro atoms. The smallest absolute Gasteiger partial charge is 0.244 e. The first-order chi connectivity index (χ1) is 8.43. The lowest BCUT2D eigenvalue weighted by Gasteiger charge is -2.10. The number of hydrogen-bond donors (Lipinski definition) is 1. The topological polar surface area (TPSA) is 72.2 Å². The number of ketones is 1. The molecule has 1 fully saturated rings. The Bertz CT molecular complexity index is 486. The number of carbonyl (C=O) groups excluding carboxylic acids is 2. The average molecular weight is 250 g/mol. The zero-order chi connectivity index (χ0) is 13.4. The third-order valence-corrected chi connectivity index (χ3v) is 3.33. The summed E-state index contributed by atoms with van der Waals surface area (Å²) in [7, 11) is 0. The Morgan fingerprint density at radius 3 is 2.44 bits per heavy atom. The quantitative estimate of drug-likeness (QED) is 0.829. The highest BCUT2D eigenvalue weighted by Crippen LogP contribution is 2.33. The Hall–Kier alpha value is -1.65. The molecule has 1 heterocycles. The van der Waals surface area contributed by atoms with Crippen molar-refractivity contribution >= 4 is 11.7 Å². The van der Waals surface area contributed by atoms with Crippen LogP contribution < -0.4 is 0 Å². The maximum atomic E-state index is 12.1. The lowest BCUT2D eigenvalue weighted by atomic mass is 10.0. The largest absolute Gasteiger partial charge is 0.493 e. The highest BCUT2D eigenvalue weighted by atomic mass is 16.3. The van der Waals surface area contributed by atoms with Gasteiger partial charge in [0.1, 0.15) is 17.8 Å². The summed E-state index contributed by atoms with van der Waals surface area (Å²) in [4.78, 5) is 28.0. The minimum absolute atomic E-state index is 0.0285. The van der Waals surface area contributed by atoms with E-state index < -0.39 is 11.8 Å². The lowest BCUT2D eigenvalue weighted by molar-refractivity contribution is -0.122.